The summed E-state index contributed by atoms with van der Waals surface area (Å²) in [5.41, 5.74) is 10.8. The molecule has 0 fully saturated rings. The zero-order valence-corrected chi connectivity index (χ0v) is 25.6. The van der Waals surface area contributed by atoms with Gasteiger partial charge in [-0.15, -0.1) is 0 Å². The first kappa shape index (κ1) is 36.9. The van der Waals surface area contributed by atoms with Crippen molar-refractivity contribution in [2.45, 2.75) is 149 Å². The van der Waals surface area contributed by atoms with Gasteiger partial charge in [0.15, 0.2) is 11.7 Å². The highest BCUT2D eigenvalue weighted by Crippen LogP contribution is 2.21. The number of carbonyl (C=O) groups is 3. The average Bonchev–Trinajstić information content (AvgIpc) is 2.91. The summed E-state index contributed by atoms with van der Waals surface area (Å²) in [6, 6.07) is -0.586. The molecule has 0 aliphatic rings. The monoisotopic (exact) mass is 552 g/mol. The van der Waals surface area contributed by atoms with Gasteiger partial charge in [-0.3, -0.25) is 19.4 Å². The number of amides is 1. The van der Waals surface area contributed by atoms with Crippen molar-refractivity contribution < 1.29 is 19.1 Å². The molecular formula is C31H60N4O4. The number of carbonyl (C=O) groups excluding carboxylic acids is 3. The summed E-state index contributed by atoms with van der Waals surface area (Å²) in [6.07, 6.45) is 17.5. The van der Waals surface area contributed by atoms with E-state index >= 15 is 0 Å². The summed E-state index contributed by atoms with van der Waals surface area (Å²) in [7, 11) is 0. The highest BCUT2D eigenvalue weighted by molar-refractivity contribution is 5.90. The Labute approximate surface area is 238 Å². The van der Waals surface area contributed by atoms with Crippen LogP contribution in [0.25, 0.3) is 0 Å². The summed E-state index contributed by atoms with van der Waals surface area (Å²) in [5, 5.41) is 2.87. The lowest BCUT2D eigenvalue weighted by atomic mass is 9.94. The van der Waals surface area contributed by atoms with E-state index in [1.54, 1.807) is 0 Å². The molecule has 8 heteroatoms. The Morgan fingerprint density at radius 1 is 0.769 bits per heavy atom. The van der Waals surface area contributed by atoms with E-state index < -0.39 is 6.04 Å². The maximum atomic E-state index is 12.8. The zero-order valence-electron chi connectivity index (χ0n) is 25.6. The molecule has 0 aromatic heterocycles. The maximum absolute atomic E-state index is 12.8. The lowest BCUT2D eigenvalue weighted by Gasteiger charge is -2.20. The van der Waals surface area contributed by atoms with E-state index in [0.717, 1.165) is 38.5 Å². The molecule has 0 aromatic carbocycles. The number of hydrogen-bond acceptors (Lipinski definition) is 5. The van der Waals surface area contributed by atoms with Gasteiger partial charge in [-0.1, -0.05) is 91.9 Å². The number of esters is 1. The van der Waals surface area contributed by atoms with Gasteiger partial charge in [0.25, 0.3) is 0 Å². The van der Waals surface area contributed by atoms with Gasteiger partial charge in [0.05, 0.1) is 18.6 Å². The van der Waals surface area contributed by atoms with E-state index in [1.807, 2.05) is 13.8 Å². The van der Waals surface area contributed by atoms with Crippen LogP contribution in [-0.4, -0.2) is 42.8 Å². The van der Waals surface area contributed by atoms with Crippen LogP contribution >= 0.6 is 0 Å². The van der Waals surface area contributed by atoms with Crippen LogP contribution in [0, 0.1) is 11.8 Å². The van der Waals surface area contributed by atoms with Gasteiger partial charge in [0, 0.05) is 18.9 Å². The van der Waals surface area contributed by atoms with Crippen molar-refractivity contribution >= 4 is 23.6 Å². The molecule has 3 unspecified atom stereocenters. The lowest BCUT2D eigenvalue weighted by Crippen LogP contribution is -2.43. The Kier molecular flexibility index (Phi) is 23.5. The predicted molar refractivity (Wildman–Crippen MR) is 161 cm³/mol. The van der Waals surface area contributed by atoms with Crippen molar-refractivity contribution in [2.75, 3.05) is 13.2 Å². The molecule has 3 atom stereocenters. The van der Waals surface area contributed by atoms with Gasteiger partial charge in [-0.05, 0) is 44.9 Å². The molecule has 0 saturated carbocycles. The molecule has 228 valence electrons. The Morgan fingerprint density at radius 2 is 1.33 bits per heavy atom. The summed E-state index contributed by atoms with van der Waals surface area (Å²) in [6.45, 7) is 8.93. The molecule has 5 N–H and O–H groups in total. The quantitative estimate of drug-likeness (QED) is 0.0506. The summed E-state index contributed by atoms with van der Waals surface area (Å²) < 4.78 is 5.65. The van der Waals surface area contributed by atoms with E-state index in [1.165, 1.54) is 51.4 Å². The van der Waals surface area contributed by atoms with Gasteiger partial charge in [-0.25, -0.2) is 0 Å². The van der Waals surface area contributed by atoms with E-state index in [0.29, 0.717) is 38.8 Å². The van der Waals surface area contributed by atoms with Crippen molar-refractivity contribution in [2.24, 2.45) is 28.3 Å². The molecule has 0 spiro atoms. The molecule has 0 heterocycles. The lowest BCUT2D eigenvalue weighted by molar-refractivity contribution is -0.149. The van der Waals surface area contributed by atoms with Crippen molar-refractivity contribution in [1.82, 2.24) is 5.32 Å². The first-order valence-electron chi connectivity index (χ1n) is 15.8. The number of guanidine groups is 1. The number of Topliss-reactive ketones (excluding diaryl/α,β-unsaturated/α-hetero) is 1. The van der Waals surface area contributed by atoms with Crippen LogP contribution in [0.4, 0.5) is 0 Å². The Bertz CT molecular complexity index is 680. The highest BCUT2D eigenvalue weighted by Gasteiger charge is 2.24. The Balaban J connectivity index is 4.42. The smallest absolute Gasteiger partial charge is 0.308 e. The SMILES string of the molecule is CCCCCCCCC(CCCCCC)C(=O)OCCCCCC(=O)NC(CCN=C(N)N)C(=O)C(C)CC. The van der Waals surface area contributed by atoms with Gasteiger partial charge in [-0.2, -0.15) is 0 Å². The van der Waals surface area contributed by atoms with Crippen LogP contribution in [0.5, 0.6) is 0 Å². The number of rotatable bonds is 26. The topological polar surface area (TPSA) is 137 Å². The van der Waals surface area contributed by atoms with Gasteiger partial charge in [0.1, 0.15) is 0 Å². The van der Waals surface area contributed by atoms with Crippen LogP contribution in [0.1, 0.15) is 143 Å². The second-order valence-electron chi connectivity index (χ2n) is 11.0. The largest absolute Gasteiger partial charge is 0.465 e. The molecule has 1 amide bonds. The number of nitrogens with zero attached hydrogens (tertiary/aromatic N) is 1. The first-order valence-corrected chi connectivity index (χ1v) is 15.8. The number of ether oxygens (including phenoxy) is 1. The third-order valence-electron chi connectivity index (χ3n) is 7.43. The van der Waals surface area contributed by atoms with Crippen LogP contribution in [0.15, 0.2) is 4.99 Å². The highest BCUT2D eigenvalue weighted by atomic mass is 16.5. The fourth-order valence-corrected chi connectivity index (χ4v) is 4.64. The second-order valence-corrected chi connectivity index (χ2v) is 11.0. The summed E-state index contributed by atoms with van der Waals surface area (Å²) in [4.78, 5) is 41.9. The minimum Gasteiger partial charge on any atom is -0.465 e. The molecule has 0 bridgehead atoms. The predicted octanol–water partition coefficient (Wildman–Crippen LogP) is 6.19. The number of unbranched alkanes of at least 4 members (excludes halogenated alkanes) is 10. The number of ketones is 1. The number of nitrogens with two attached hydrogens (primary N) is 2. The van der Waals surface area contributed by atoms with Crippen molar-refractivity contribution in [3.05, 3.63) is 0 Å². The maximum Gasteiger partial charge on any atom is 0.308 e. The van der Waals surface area contributed by atoms with E-state index in [9.17, 15) is 14.4 Å². The van der Waals surface area contributed by atoms with E-state index in [4.69, 9.17) is 16.2 Å². The minimum absolute atomic E-state index is 0.00811. The molecule has 0 radical (unpaired) electrons. The second kappa shape index (κ2) is 24.9. The molecule has 0 aliphatic heterocycles. The summed E-state index contributed by atoms with van der Waals surface area (Å²) >= 11 is 0. The number of hydrogen-bond donors (Lipinski definition) is 3. The van der Waals surface area contributed by atoms with Crippen molar-refractivity contribution in [3.8, 4) is 0 Å². The third-order valence-corrected chi connectivity index (χ3v) is 7.43. The Morgan fingerprint density at radius 3 is 1.92 bits per heavy atom. The van der Waals surface area contributed by atoms with Crippen molar-refractivity contribution in [3.63, 3.8) is 0 Å². The van der Waals surface area contributed by atoms with Crippen molar-refractivity contribution in [1.29, 1.82) is 0 Å². The number of aliphatic imine (C=N–C) groups is 1. The fourth-order valence-electron chi connectivity index (χ4n) is 4.64. The molecule has 0 aromatic rings. The van der Waals surface area contributed by atoms with Gasteiger partial charge >= 0.3 is 5.97 Å². The molecule has 0 rings (SSSR count). The van der Waals surface area contributed by atoms with E-state index in [-0.39, 0.29) is 35.5 Å². The standard InChI is InChI=1S/C31H60N4O4/c1-5-8-10-12-13-16-20-26(19-15-11-9-6-2)30(38)39-24-18-14-17-21-28(36)35-27(22-23-34-31(32)33)29(37)25(4)7-3/h25-27H,5-24H2,1-4H3,(H,35,36)(H4,32,33,34). The summed E-state index contributed by atoms with van der Waals surface area (Å²) in [5.74, 6) is -0.344. The number of nitrogens with one attached hydrogen (secondary N) is 1. The molecule has 0 aliphatic carbocycles. The Hall–Kier alpha value is -2.12. The molecule has 39 heavy (non-hydrogen) atoms. The molecule has 0 saturated heterocycles. The fraction of sp³-hybridized carbons (Fsp3) is 0.871. The third kappa shape index (κ3) is 20.4. The van der Waals surface area contributed by atoms with E-state index in [2.05, 4.69) is 24.2 Å². The van der Waals surface area contributed by atoms with Crippen LogP contribution in [0.2, 0.25) is 0 Å². The normalized spacial score (nSPS) is 13.3. The van der Waals surface area contributed by atoms with Gasteiger partial charge < -0.3 is 21.5 Å². The molecule has 8 nitrogen and oxygen atoms in total. The van der Waals surface area contributed by atoms with Crippen LogP contribution in [0.3, 0.4) is 0 Å². The minimum atomic E-state index is -0.586. The first-order chi connectivity index (χ1) is 18.8. The van der Waals surface area contributed by atoms with Gasteiger partial charge in [0.2, 0.25) is 5.91 Å². The average molecular weight is 553 g/mol. The van der Waals surface area contributed by atoms with Crippen LogP contribution in [-0.2, 0) is 19.1 Å². The van der Waals surface area contributed by atoms with Crippen LogP contribution < -0.4 is 16.8 Å². The zero-order chi connectivity index (χ0) is 29.3. The molecular weight excluding hydrogens is 492 g/mol.